The topological polar surface area (TPSA) is 152 Å². The van der Waals surface area contributed by atoms with Gasteiger partial charge in [-0.05, 0) is 192 Å². The highest BCUT2D eigenvalue weighted by Gasteiger charge is 2.44. The molecule has 102 heavy (non-hydrogen) atoms. The van der Waals surface area contributed by atoms with E-state index in [0.717, 1.165) is 131 Å². The fraction of sp³-hybridized carbons (Fsp3) is 0.966. The van der Waals surface area contributed by atoms with Crippen molar-refractivity contribution in [3.8, 4) is 0 Å². The first kappa shape index (κ1) is 96.3. The molecule has 0 aromatic rings. The molecule has 2 amide bonds. The number of ketones is 1. The van der Waals surface area contributed by atoms with Crippen molar-refractivity contribution in [1.29, 1.82) is 0 Å². The summed E-state index contributed by atoms with van der Waals surface area (Å²) in [7, 11) is 0. The molecule has 0 spiro atoms. The number of aliphatic hydroxyl groups excluding tert-OH is 1. The Bertz CT molecular complexity index is 2130. The standard InChI is InChI=1S/C32H61NO5.C21H39NO4.C19H40.C16H30O3/c1-11-17-35-32(30(21(4)5)22(6)7)37-27-19-26(12-2)33(20-27)29(34)16-14-15-18-36-31-25(10)23(8)24(9)28(13-3)38-31;1-6-17-12-18(23)13-22(17)20(24)10-8-9-11-25-21-16(5)14(3)15(4)19(7-2)26-21;1-10-11-12-17(18(13(2)3)14(4)5)19(15(6)7)16(8)9;1-6-15-13(4)12(3)14(5)16(19-15)18-10-8-7-9-11(2)17/h21-28,30-32H,11-20H2,1-10H3;14-19,21,23H,6-13H2,1-5H3;13-19H,10-12H2,1-9H3;12-16H,6-10H2,1-5H3/t23?,24?,25?,26-,27+,28?,31?,32?;14?,15?,16?,17-,18+,19?,21?;;/m11../s1. The van der Waals surface area contributed by atoms with Gasteiger partial charge >= 0.3 is 0 Å². The average molecular weight is 1450 g/mol. The summed E-state index contributed by atoms with van der Waals surface area (Å²) in [5, 5.41) is 9.78. The number of hydrogen-bond acceptors (Lipinski definition) is 12. The van der Waals surface area contributed by atoms with Crippen LogP contribution < -0.4 is 0 Å². The minimum absolute atomic E-state index is 0.0370. The van der Waals surface area contributed by atoms with Crippen LogP contribution >= 0.6 is 0 Å². The van der Waals surface area contributed by atoms with E-state index in [9.17, 15) is 19.5 Å². The minimum atomic E-state index is -0.354. The summed E-state index contributed by atoms with van der Waals surface area (Å²) >= 11 is 0. The lowest BCUT2D eigenvalue weighted by atomic mass is 9.63. The molecule has 5 saturated heterocycles. The fourth-order valence-electron chi connectivity index (χ4n) is 18.5. The molecule has 0 bridgehead atoms. The number of unbranched alkanes of at least 4 members (excludes halogenated alkanes) is 4. The summed E-state index contributed by atoms with van der Waals surface area (Å²) in [5.41, 5.74) is 0. The number of likely N-dealkylation sites (tertiary alicyclic amines) is 2. The van der Waals surface area contributed by atoms with E-state index in [2.05, 4.69) is 199 Å². The molecule has 5 fully saturated rings. The summed E-state index contributed by atoms with van der Waals surface area (Å²) in [6.07, 6.45) is 18.7. The Hall–Kier alpha value is -1.75. The third-order valence-corrected chi connectivity index (χ3v) is 25.5. The van der Waals surface area contributed by atoms with E-state index in [4.69, 9.17) is 37.9 Å². The predicted molar refractivity (Wildman–Crippen MR) is 424 cm³/mol. The van der Waals surface area contributed by atoms with Crippen molar-refractivity contribution >= 4 is 17.6 Å². The second-order valence-electron chi connectivity index (χ2n) is 35.1. The Kier molecular flexibility index (Phi) is 48.0. The summed E-state index contributed by atoms with van der Waals surface area (Å²) < 4.78 is 49.4. The smallest absolute Gasteiger partial charge is 0.222 e. The quantitative estimate of drug-likeness (QED) is 0.0459. The van der Waals surface area contributed by atoms with Gasteiger partial charge in [0.1, 0.15) is 5.78 Å². The van der Waals surface area contributed by atoms with Crippen molar-refractivity contribution in [1.82, 2.24) is 9.80 Å². The highest BCUT2D eigenvalue weighted by Crippen LogP contribution is 2.44. The van der Waals surface area contributed by atoms with E-state index in [0.29, 0.717) is 136 Å². The normalized spacial score (nSPS) is 30.3. The Morgan fingerprint density at radius 3 is 1.09 bits per heavy atom. The number of rotatable bonds is 40. The van der Waals surface area contributed by atoms with E-state index in [1.165, 1.54) is 19.3 Å². The molecule has 0 aromatic carbocycles. The van der Waals surface area contributed by atoms with Gasteiger partial charge in [-0.25, -0.2) is 0 Å². The van der Waals surface area contributed by atoms with Gasteiger partial charge in [-0.15, -0.1) is 0 Å². The highest BCUT2D eigenvalue weighted by molar-refractivity contribution is 5.77. The number of hydrogen-bond donors (Lipinski definition) is 1. The summed E-state index contributed by atoms with van der Waals surface area (Å²) in [4.78, 5) is 40.4. The van der Waals surface area contributed by atoms with E-state index < -0.39 is 0 Å². The van der Waals surface area contributed by atoms with Crippen LogP contribution in [0, 0.1) is 112 Å². The van der Waals surface area contributed by atoms with Crippen LogP contribution in [-0.2, 0) is 52.3 Å². The van der Waals surface area contributed by atoms with Gasteiger partial charge in [-0.2, -0.15) is 0 Å². The molecule has 5 rings (SSSR count). The first-order valence-electron chi connectivity index (χ1n) is 43.0. The maximum Gasteiger partial charge on any atom is 0.222 e. The van der Waals surface area contributed by atoms with E-state index in [-0.39, 0.29) is 79.3 Å². The predicted octanol–water partition coefficient (Wildman–Crippen LogP) is 21.3. The molecule has 1 N–H and O–H groups in total. The van der Waals surface area contributed by atoms with Crippen molar-refractivity contribution in [3.63, 3.8) is 0 Å². The Morgan fingerprint density at radius 2 is 0.765 bits per heavy atom. The first-order chi connectivity index (χ1) is 48.1. The summed E-state index contributed by atoms with van der Waals surface area (Å²) in [6.45, 7) is 69.6. The average Bonchev–Trinajstić information content (AvgIpc) is 1.29. The number of amides is 2. The molecule has 0 radical (unpaired) electrons. The number of aliphatic hydroxyl groups is 1. The zero-order valence-electron chi connectivity index (χ0n) is 72.0. The lowest BCUT2D eigenvalue weighted by molar-refractivity contribution is -0.248. The highest BCUT2D eigenvalue weighted by atomic mass is 16.7. The van der Waals surface area contributed by atoms with Crippen molar-refractivity contribution in [2.75, 3.05) is 39.5 Å². The SMILES string of the molecule is CCC1OC(OCCCCC(=O)N2C[C@@H](O)C[C@H]2CC)C(C)C(C)C1C.CCC1OC(OCCCCC(C)=O)C(C)C(C)C1C.CCCCC(C(C(C)C)C(C)C)C(C(C)C)C(C)C.CCCOC(O[C@H]1C[C@@H](CC)N(C(=O)CCCCOC2OC(CC)C(C)C(C)C2C)C1)C(C(C)C)C(C)C. The zero-order valence-corrected chi connectivity index (χ0v) is 72.0. The van der Waals surface area contributed by atoms with Crippen LogP contribution in [0.4, 0.5) is 0 Å². The third kappa shape index (κ3) is 31.3. The number of nitrogens with zero attached hydrogens (tertiary/aromatic N) is 2. The number of β-amino-alcohol motifs (C(OH)–C–C–N with tert-alkyl or cyclic N) is 1. The van der Waals surface area contributed by atoms with Crippen LogP contribution in [0.1, 0.15) is 329 Å². The number of carbonyl (C=O) groups is 3. The Morgan fingerprint density at radius 1 is 0.412 bits per heavy atom. The van der Waals surface area contributed by atoms with Gasteiger partial charge in [-0.1, -0.05) is 207 Å². The lowest BCUT2D eigenvalue weighted by Gasteiger charge is -2.43. The van der Waals surface area contributed by atoms with Gasteiger partial charge in [-0.3, -0.25) is 9.59 Å². The molecular weight excluding hydrogens is 1280 g/mol. The van der Waals surface area contributed by atoms with Crippen molar-refractivity contribution in [2.45, 2.75) is 397 Å². The maximum absolute atomic E-state index is 13.2. The molecule has 0 aliphatic carbocycles. The van der Waals surface area contributed by atoms with Gasteiger partial charge in [0, 0.05) is 94.5 Å². The van der Waals surface area contributed by atoms with Crippen LogP contribution in [-0.4, -0.2) is 140 Å². The Balaban J connectivity index is 0.000000484. The van der Waals surface area contributed by atoms with Crippen LogP contribution in [0.15, 0.2) is 0 Å². The largest absolute Gasteiger partial charge is 0.391 e. The fourth-order valence-corrected chi connectivity index (χ4v) is 18.5. The van der Waals surface area contributed by atoms with Crippen LogP contribution in [0.5, 0.6) is 0 Å². The van der Waals surface area contributed by atoms with Gasteiger partial charge < -0.3 is 57.6 Å². The number of ether oxygens (including phenoxy) is 8. The van der Waals surface area contributed by atoms with Crippen LogP contribution in [0.25, 0.3) is 0 Å². The molecule has 0 saturated carbocycles. The number of carbonyl (C=O) groups excluding carboxylic acids is 3. The maximum atomic E-state index is 13.2. The molecule has 16 unspecified atom stereocenters. The molecule has 5 aliphatic rings. The van der Waals surface area contributed by atoms with Gasteiger partial charge in [0.25, 0.3) is 0 Å². The molecule has 5 heterocycles. The van der Waals surface area contributed by atoms with Crippen LogP contribution in [0.2, 0.25) is 0 Å². The zero-order chi connectivity index (χ0) is 77.2. The number of Topliss-reactive ketones (excluding diaryl/α,β-unsaturated/α-hetero) is 1. The van der Waals surface area contributed by atoms with Crippen molar-refractivity contribution in [3.05, 3.63) is 0 Å². The minimum Gasteiger partial charge on any atom is -0.391 e. The molecule has 5 aliphatic heterocycles. The van der Waals surface area contributed by atoms with Gasteiger partial charge in [0.15, 0.2) is 25.2 Å². The Labute approximate surface area is 630 Å². The second kappa shape index (κ2) is 50.9. The van der Waals surface area contributed by atoms with Crippen LogP contribution in [0.3, 0.4) is 0 Å². The molecule has 20 atom stereocenters. The molecule has 0 aromatic heterocycles. The summed E-state index contributed by atoms with van der Waals surface area (Å²) in [6, 6.07) is 0.456. The second-order valence-corrected chi connectivity index (χ2v) is 35.1. The monoisotopic (exact) mass is 1450 g/mol. The molecule has 14 heteroatoms. The summed E-state index contributed by atoms with van der Waals surface area (Å²) in [5.74, 6) is 12.6. The van der Waals surface area contributed by atoms with Crippen molar-refractivity contribution in [2.24, 2.45) is 112 Å². The molecule has 14 nitrogen and oxygen atoms in total. The lowest BCUT2D eigenvalue weighted by Crippen LogP contribution is -2.45. The first-order valence-corrected chi connectivity index (χ1v) is 43.0. The van der Waals surface area contributed by atoms with E-state index in [1.54, 1.807) is 6.92 Å². The molecule has 604 valence electrons. The van der Waals surface area contributed by atoms with E-state index >= 15 is 0 Å². The van der Waals surface area contributed by atoms with Gasteiger partial charge in [0.2, 0.25) is 11.8 Å². The van der Waals surface area contributed by atoms with Gasteiger partial charge in [0.05, 0.1) is 30.5 Å². The third-order valence-electron chi connectivity index (χ3n) is 25.5. The van der Waals surface area contributed by atoms with Crippen molar-refractivity contribution < 1.29 is 57.4 Å². The van der Waals surface area contributed by atoms with E-state index in [1.807, 2.05) is 4.90 Å². The molecular formula is C88H170N2O12.